The summed E-state index contributed by atoms with van der Waals surface area (Å²) in [5, 5.41) is 3.01. The average Bonchev–Trinajstić information content (AvgIpc) is 2.46. The van der Waals surface area contributed by atoms with Crippen molar-refractivity contribution in [3.63, 3.8) is 0 Å². The van der Waals surface area contributed by atoms with Crippen molar-refractivity contribution in [3.05, 3.63) is 30.2 Å². The van der Waals surface area contributed by atoms with Crippen LogP contribution in [0.15, 0.2) is 24.7 Å². The first kappa shape index (κ1) is 13.5. The standard InChI is InChI=1S/C15H17N5O/c1-9(2)20-13(21)8-18-14-15(20)19-12(7-17-14)11-6-16-5-4-10(11)3/h4-7,9H,8H2,1-3H3,(H,17,18). The summed E-state index contributed by atoms with van der Waals surface area (Å²) in [6, 6.07) is 1.97. The van der Waals surface area contributed by atoms with Crippen LogP contribution in [0.5, 0.6) is 0 Å². The number of nitrogens with zero attached hydrogens (tertiary/aromatic N) is 4. The van der Waals surface area contributed by atoms with Crippen molar-refractivity contribution in [2.45, 2.75) is 26.8 Å². The number of rotatable bonds is 2. The Balaban J connectivity index is 2.12. The Morgan fingerprint density at radius 3 is 2.86 bits per heavy atom. The van der Waals surface area contributed by atoms with Crippen molar-refractivity contribution in [3.8, 4) is 11.3 Å². The number of anilines is 2. The molecule has 6 nitrogen and oxygen atoms in total. The number of aromatic nitrogens is 3. The van der Waals surface area contributed by atoms with E-state index < -0.39 is 0 Å². The van der Waals surface area contributed by atoms with Gasteiger partial charge in [-0.3, -0.25) is 14.7 Å². The second-order valence-corrected chi connectivity index (χ2v) is 5.33. The van der Waals surface area contributed by atoms with Gasteiger partial charge >= 0.3 is 0 Å². The lowest BCUT2D eigenvalue weighted by molar-refractivity contribution is -0.117. The maximum Gasteiger partial charge on any atom is 0.247 e. The van der Waals surface area contributed by atoms with Crippen LogP contribution in [0.2, 0.25) is 0 Å². The van der Waals surface area contributed by atoms with Gasteiger partial charge in [0.1, 0.15) is 0 Å². The van der Waals surface area contributed by atoms with Crippen molar-refractivity contribution < 1.29 is 4.79 Å². The minimum Gasteiger partial charge on any atom is -0.358 e. The van der Waals surface area contributed by atoms with E-state index in [0.29, 0.717) is 11.6 Å². The third kappa shape index (κ3) is 2.33. The van der Waals surface area contributed by atoms with Crippen molar-refractivity contribution in [1.82, 2.24) is 15.0 Å². The highest BCUT2D eigenvalue weighted by atomic mass is 16.2. The molecule has 0 atom stereocenters. The summed E-state index contributed by atoms with van der Waals surface area (Å²) in [4.78, 5) is 27.0. The van der Waals surface area contributed by atoms with Gasteiger partial charge in [0.05, 0.1) is 18.4 Å². The van der Waals surface area contributed by atoms with Crippen molar-refractivity contribution >= 4 is 17.5 Å². The predicted molar refractivity (Wildman–Crippen MR) is 81.1 cm³/mol. The summed E-state index contributed by atoms with van der Waals surface area (Å²) in [7, 11) is 0. The molecule has 1 amide bonds. The van der Waals surface area contributed by atoms with Crippen molar-refractivity contribution in [2.24, 2.45) is 0 Å². The number of carbonyl (C=O) groups is 1. The van der Waals surface area contributed by atoms with E-state index in [1.807, 2.05) is 26.8 Å². The smallest absolute Gasteiger partial charge is 0.247 e. The molecule has 1 aliphatic rings. The Hall–Kier alpha value is -2.50. The van der Waals surface area contributed by atoms with Crippen LogP contribution in [0.1, 0.15) is 19.4 Å². The predicted octanol–water partition coefficient (Wildman–Crippen LogP) is 2.01. The van der Waals surface area contributed by atoms with Crippen LogP contribution in [0.25, 0.3) is 11.3 Å². The van der Waals surface area contributed by atoms with E-state index in [0.717, 1.165) is 16.8 Å². The highest BCUT2D eigenvalue weighted by molar-refractivity contribution is 6.01. The molecule has 3 rings (SSSR count). The minimum atomic E-state index is 0.00635. The van der Waals surface area contributed by atoms with Gasteiger partial charge in [0.2, 0.25) is 5.91 Å². The second kappa shape index (κ2) is 5.12. The summed E-state index contributed by atoms with van der Waals surface area (Å²) < 4.78 is 0. The molecule has 1 aliphatic heterocycles. The Labute approximate surface area is 123 Å². The second-order valence-electron chi connectivity index (χ2n) is 5.33. The molecule has 0 spiro atoms. The SMILES string of the molecule is Cc1ccncc1-c1cnc2c(n1)N(C(C)C)C(=O)CN2. The van der Waals surface area contributed by atoms with Gasteiger partial charge in [0, 0.05) is 24.0 Å². The Morgan fingerprint density at radius 1 is 1.33 bits per heavy atom. The number of nitrogens with one attached hydrogen (secondary N) is 1. The van der Waals surface area contributed by atoms with E-state index in [1.54, 1.807) is 23.5 Å². The molecule has 6 heteroatoms. The molecular formula is C15H17N5O. The number of hydrogen-bond donors (Lipinski definition) is 1. The Bertz CT molecular complexity index is 698. The van der Waals surface area contributed by atoms with Crippen LogP contribution >= 0.6 is 0 Å². The summed E-state index contributed by atoms with van der Waals surface area (Å²) in [5.41, 5.74) is 2.72. The van der Waals surface area contributed by atoms with Gasteiger partial charge in [-0.2, -0.15) is 0 Å². The van der Waals surface area contributed by atoms with Gasteiger partial charge in [0.25, 0.3) is 0 Å². The van der Waals surface area contributed by atoms with Crippen LogP contribution < -0.4 is 10.2 Å². The van der Waals surface area contributed by atoms with Crippen LogP contribution in [-0.2, 0) is 4.79 Å². The molecule has 0 aliphatic carbocycles. The number of aryl methyl sites for hydroxylation is 1. The number of hydrogen-bond acceptors (Lipinski definition) is 5. The van der Waals surface area contributed by atoms with E-state index in [4.69, 9.17) is 0 Å². The first-order valence-corrected chi connectivity index (χ1v) is 6.92. The van der Waals surface area contributed by atoms with E-state index in [1.165, 1.54) is 0 Å². The molecule has 1 N–H and O–H groups in total. The third-order valence-electron chi connectivity index (χ3n) is 3.49. The highest BCUT2D eigenvalue weighted by Crippen LogP contribution is 2.30. The highest BCUT2D eigenvalue weighted by Gasteiger charge is 2.28. The van der Waals surface area contributed by atoms with E-state index in [-0.39, 0.29) is 18.5 Å². The third-order valence-corrected chi connectivity index (χ3v) is 3.49. The van der Waals surface area contributed by atoms with Gasteiger partial charge in [-0.15, -0.1) is 0 Å². The summed E-state index contributed by atoms with van der Waals surface area (Å²) in [6.07, 6.45) is 5.23. The zero-order valence-electron chi connectivity index (χ0n) is 12.3. The van der Waals surface area contributed by atoms with Gasteiger partial charge < -0.3 is 5.32 Å². The molecule has 0 radical (unpaired) electrons. The average molecular weight is 283 g/mol. The molecule has 0 unspecified atom stereocenters. The maximum atomic E-state index is 12.1. The van der Waals surface area contributed by atoms with E-state index >= 15 is 0 Å². The first-order chi connectivity index (χ1) is 10.1. The fourth-order valence-corrected chi connectivity index (χ4v) is 2.43. The Kier molecular flexibility index (Phi) is 3.29. The zero-order valence-corrected chi connectivity index (χ0v) is 12.3. The number of fused-ring (bicyclic) bond motifs is 1. The van der Waals surface area contributed by atoms with Crippen LogP contribution in [-0.4, -0.2) is 33.4 Å². The van der Waals surface area contributed by atoms with E-state index in [2.05, 4.69) is 20.3 Å². The van der Waals surface area contributed by atoms with Gasteiger partial charge in [-0.05, 0) is 32.4 Å². The van der Waals surface area contributed by atoms with E-state index in [9.17, 15) is 4.79 Å². The lowest BCUT2D eigenvalue weighted by Gasteiger charge is -2.31. The normalized spacial score (nSPS) is 14.1. The monoisotopic (exact) mass is 283 g/mol. The molecule has 2 aromatic rings. The first-order valence-electron chi connectivity index (χ1n) is 6.92. The minimum absolute atomic E-state index is 0.00635. The number of carbonyl (C=O) groups excluding carboxylic acids is 1. The lowest BCUT2D eigenvalue weighted by atomic mass is 10.1. The van der Waals surface area contributed by atoms with Crippen LogP contribution in [0.4, 0.5) is 11.6 Å². The topological polar surface area (TPSA) is 71.0 Å². The molecule has 2 aromatic heterocycles. The molecule has 0 saturated carbocycles. The molecule has 3 heterocycles. The fraction of sp³-hybridized carbons (Fsp3) is 0.333. The Morgan fingerprint density at radius 2 is 2.14 bits per heavy atom. The largest absolute Gasteiger partial charge is 0.358 e. The van der Waals surface area contributed by atoms with Gasteiger partial charge in [0.15, 0.2) is 11.6 Å². The molecule has 108 valence electrons. The fourth-order valence-electron chi connectivity index (χ4n) is 2.43. The lowest BCUT2D eigenvalue weighted by Crippen LogP contribution is -2.45. The van der Waals surface area contributed by atoms with Crippen molar-refractivity contribution in [2.75, 3.05) is 16.8 Å². The summed E-state index contributed by atoms with van der Waals surface area (Å²) in [5.74, 6) is 1.24. The quantitative estimate of drug-likeness (QED) is 0.913. The van der Waals surface area contributed by atoms with Gasteiger partial charge in [-0.25, -0.2) is 9.97 Å². The van der Waals surface area contributed by atoms with Crippen LogP contribution in [0.3, 0.4) is 0 Å². The van der Waals surface area contributed by atoms with Crippen molar-refractivity contribution in [1.29, 1.82) is 0 Å². The number of amides is 1. The number of pyridine rings is 1. The molecule has 0 aromatic carbocycles. The summed E-state index contributed by atoms with van der Waals surface area (Å²) >= 11 is 0. The molecule has 21 heavy (non-hydrogen) atoms. The molecule has 0 fully saturated rings. The molecular weight excluding hydrogens is 266 g/mol. The molecule has 0 saturated heterocycles. The molecule has 0 bridgehead atoms. The maximum absolute atomic E-state index is 12.1. The van der Waals surface area contributed by atoms with Crippen LogP contribution in [0, 0.1) is 6.92 Å². The van der Waals surface area contributed by atoms with Gasteiger partial charge in [-0.1, -0.05) is 0 Å². The zero-order chi connectivity index (χ0) is 15.0. The summed E-state index contributed by atoms with van der Waals surface area (Å²) in [6.45, 7) is 6.19.